The Kier molecular flexibility index (Phi) is 8.44. The van der Waals surface area contributed by atoms with Crippen LogP contribution in [-0.4, -0.2) is 30.8 Å². The third kappa shape index (κ3) is 7.50. The molecule has 1 atom stereocenters. The molecule has 2 amide bonds. The van der Waals surface area contributed by atoms with Gasteiger partial charge in [0, 0.05) is 9.92 Å². The minimum atomic E-state index is -0.722. The van der Waals surface area contributed by atoms with Crippen molar-refractivity contribution in [2.24, 2.45) is 0 Å². The summed E-state index contributed by atoms with van der Waals surface area (Å²) in [6.07, 6.45) is -0.722. The predicted octanol–water partition coefficient (Wildman–Crippen LogP) is 3.19. The molecule has 0 bridgehead atoms. The summed E-state index contributed by atoms with van der Waals surface area (Å²) < 4.78 is 10.7. The zero-order chi connectivity index (χ0) is 19.6. The molecule has 2 rings (SSSR count). The van der Waals surface area contributed by atoms with Gasteiger partial charge in [-0.05, 0) is 48.9 Å². The number of benzene rings is 2. The van der Waals surface area contributed by atoms with Crippen LogP contribution in [0.15, 0.2) is 53.4 Å². The number of carbonyl (C=O) groups excluding carboxylic acids is 2. The first-order chi connectivity index (χ1) is 13.0. The number of carbonyl (C=O) groups is 2. The molecule has 0 saturated heterocycles. The molecule has 0 aliphatic rings. The fourth-order valence-electron chi connectivity index (χ4n) is 2.01. The van der Waals surface area contributed by atoms with Gasteiger partial charge in [0.25, 0.3) is 5.91 Å². The van der Waals surface area contributed by atoms with Gasteiger partial charge in [-0.3, -0.25) is 20.4 Å². The van der Waals surface area contributed by atoms with E-state index in [2.05, 4.69) is 10.9 Å². The monoisotopic (exact) mass is 408 g/mol. The molecular weight excluding hydrogens is 388 g/mol. The van der Waals surface area contributed by atoms with Crippen LogP contribution in [-0.2, 0) is 20.9 Å². The quantitative estimate of drug-likeness (QED) is 0.518. The first kappa shape index (κ1) is 21.1. The van der Waals surface area contributed by atoms with E-state index >= 15 is 0 Å². The lowest BCUT2D eigenvalue weighted by Crippen LogP contribution is -2.46. The molecule has 2 N–H and O–H groups in total. The second-order valence-corrected chi connectivity index (χ2v) is 7.07. The molecular formula is C19H21ClN2O4S. The van der Waals surface area contributed by atoms with E-state index in [1.54, 1.807) is 26.2 Å². The molecule has 144 valence electrons. The van der Waals surface area contributed by atoms with Gasteiger partial charge in [0.05, 0.1) is 19.5 Å². The highest BCUT2D eigenvalue weighted by Gasteiger charge is 2.14. The van der Waals surface area contributed by atoms with Crippen LogP contribution in [0.5, 0.6) is 5.75 Å². The minimum absolute atomic E-state index is 0.168. The fourth-order valence-corrected chi connectivity index (χ4v) is 2.83. The lowest BCUT2D eigenvalue weighted by molar-refractivity contribution is -0.136. The Morgan fingerprint density at radius 1 is 1.15 bits per heavy atom. The van der Waals surface area contributed by atoms with E-state index in [-0.39, 0.29) is 18.3 Å². The summed E-state index contributed by atoms with van der Waals surface area (Å²) in [5.41, 5.74) is 5.63. The number of hydrazine groups is 1. The van der Waals surface area contributed by atoms with Crippen LogP contribution in [0.4, 0.5) is 0 Å². The normalized spacial score (nSPS) is 11.5. The molecule has 6 nitrogen and oxygen atoms in total. The predicted molar refractivity (Wildman–Crippen MR) is 106 cm³/mol. The second-order valence-electron chi connectivity index (χ2n) is 5.58. The zero-order valence-electron chi connectivity index (χ0n) is 15.0. The molecule has 2 aromatic rings. The molecule has 0 aromatic heterocycles. The van der Waals surface area contributed by atoms with Crippen molar-refractivity contribution in [3.8, 4) is 5.75 Å². The summed E-state index contributed by atoms with van der Waals surface area (Å²) in [4.78, 5) is 24.8. The van der Waals surface area contributed by atoms with Crippen molar-refractivity contribution in [1.29, 1.82) is 0 Å². The standard InChI is InChI=1S/C19H21ClN2O4S/c1-13(26-11-14-4-3-5-16(10-14)25-2)19(24)22-21-18(23)12-27-17-8-6-15(20)7-9-17/h3-10,13H,11-12H2,1-2H3,(H,21,23)(H,22,24). The van der Waals surface area contributed by atoms with Crippen LogP contribution in [0.3, 0.4) is 0 Å². The Morgan fingerprint density at radius 2 is 1.89 bits per heavy atom. The Balaban J connectivity index is 1.69. The number of halogens is 1. The Morgan fingerprint density at radius 3 is 2.59 bits per heavy atom. The van der Waals surface area contributed by atoms with Gasteiger partial charge in [0.15, 0.2) is 0 Å². The van der Waals surface area contributed by atoms with Crippen molar-refractivity contribution < 1.29 is 19.1 Å². The number of thioether (sulfide) groups is 1. The number of hydrogen-bond donors (Lipinski definition) is 2. The molecule has 2 aromatic carbocycles. The van der Waals surface area contributed by atoms with Gasteiger partial charge in [-0.25, -0.2) is 0 Å². The smallest absolute Gasteiger partial charge is 0.267 e. The maximum atomic E-state index is 12.0. The summed E-state index contributed by atoms with van der Waals surface area (Å²) >= 11 is 7.16. The number of rotatable bonds is 8. The van der Waals surface area contributed by atoms with Crippen LogP contribution < -0.4 is 15.6 Å². The number of methoxy groups -OCH3 is 1. The zero-order valence-corrected chi connectivity index (χ0v) is 16.6. The molecule has 1 unspecified atom stereocenters. The van der Waals surface area contributed by atoms with E-state index < -0.39 is 12.0 Å². The molecule has 8 heteroatoms. The highest BCUT2D eigenvalue weighted by atomic mass is 35.5. The fraction of sp³-hybridized carbons (Fsp3) is 0.263. The average molecular weight is 409 g/mol. The van der Waals surface area contributed by atoms with Gasteiger partial charge in [0.1, 0.15) is 11.9 Å². The van der Waals surface area contributed by atoms with E-state index in [0.29, 0.717) is 5.02 Å². The summed E-state index contributed by atoms with van der Waals surface area (Å²) in [7, 11) is 1.59. The molecule has 0 aliphatic heterocycles. The molecule has 0 fully saturated rings. The summed E-state index contributed by atoms with van der Waals surface area (Å²) in [6, 6.07) is 14.6. The maximum absolute atomic E-state index is 12.0. The molecule has 27 heavy (non-hydrogen) atoms. The Labute approximate surface area is 167 Å². The lowest BCUT2D eigenvalue weighted by Gasteiger charge is -2.14. The van der Waals surface area contributed by atoms with Crippen molar-refractivity contribution in [3.05, 3.63) is 59.1 Å². The summed E-state index contributed by atoms with van der Waals surface area (Å²) in [6.45, 7) is 1.87. The topological polar surface area (TPSA) is 76.7 Å². The molecule has 0 radical (unpaired) electrons. The average Bonchev–Trinajstić information content (AvgIpc) is 2.69. The van der Waals surface area contributed by atoms with E-state index in [1.165, 1.54) is 11.8 Å². The van der Waals surface area contributed by atoms with Crippen LogP contribution in [0.25, 0.3) is 0 Å². The number of hydrogen-bond acceptors (Lipinski definition) is 5. The molecule has 0 spiro atoms. The van der Waals surface area contributed by atoms with E-state index in [4.69, 9.17) is 21.1 Å². The van der Waals surface area contributed by atoms with E-state index in [9.17, 15) is 9.59 Å². The van der Waals surface area contributed by atoms with Crippen molar-refractivity contribution in [2.75, 3.05) is 12.9 Å². The van der Waals surface area contributed by atoms with Gasteiger partial charge in [0.2, 0.25) is 5.91 Å². The summed E-state index contributed by atoms with van der Waals surface area (Å²) in [5, 5.41) is 0.638. The highest BCUT2D eigenvalue weighted by Crippen LogP contribution is 2.19. The Bertz CT molecular complexity index is 771. The van der Waals surface area contributed by atoms with Crippen LogP contribution in [0.1, 0.15) is 12.5 Å². The molecule has 0 aliphatic carbocycles. The maximum Gasteiger partial charge on any atom is 0.267 e. The van der Waals surface area contributed by atoms with Crippen molar-refractivity contribution in [1.82, 2.24) is 10.9 Å². The van der Waals surface area contributed by atoms with Gasteiger partial charge in [-0.1, -0.05) is 23.7 Å². The van der Waals surface area contributed by atoms with Gasteiger partial charge in [-0.15, -0.1) is 11.8 Å². The van der Waals surface area contributed by atoms with Crippen molar-refractivity contribution >= 4 is 35.2 Å². The molecule has 0 saturated carbocycles. The van der Waals surface area contributed by atoms with Gasteiger partial charge in [-0.2, -0.15) is 0 Å². The first-order valence-corrected chi connectivity index (χ1v) is 9.56. The Hall–Kier alpha value is -2.22. The van der Waals surface area contributed by atoms with Crippen LogP contribution in [0, 0.1) is 0 Å². The van der Waals surface area contributed by atoms with Gasteiger partial charge >= 0.3 is 0 Å². The van der Waals surface area contributed by atoms with E-state index in [1.807, 2.05) is 36.4 Å². The van der Waals surface area contributed by atoms with Crippen LogP contribution >= 0.6 is 23.4 Å². The number of ether oxygens (including phenoxy) is 2. The highest BCUT2D eigenvalue weighted by molar-refractivity contribution is 8.00. The second kappa shape index (κ2) is 10.8. The SMILES string of the molecule is COc1cccc(COC(C)C(=O)NNC(=O)CSc2ccc(Cl)cc2)c1. The van der Waals surface area contributed by atoms with Crippen molar-refractivity contribution in [2.45, 2.75) is 24.5 Å². The van der Waals surface area contributed by atoms with Crippen molar-refractivity contribution in [3.63, 3.8) is 0 Å². The summed E-state index contributed by atoms with van der Waals surface area (Å²) in [5.74, 6) is 0.144. The minimum Gasteiger partial charge on any atom is -0.497 e. The van der Waals surface area contributed by atoms with E-state index in [0.717, 1.165) is 16.2 Å². The number of nitrogens with one attached hydrogen (secondary N) is 2. The largest absolute Gasteiger partial charge is 0.497 e. The third-order valence-electron chi connectivity index (χ3n) is 3.51. The van der Waals surface area contributed by atoms with Crippen LogP contribution in [0.2, 0.25) is 5.02 Å². The third-order valence-corrected chi connectivity index (χ3v) is 4.78. The lowest BCUT2D eigenvalue weighted by atomic mass is 10.2. The number of amides is 2. The molecule has 0 heterocycles. The first-order valence-electron chi connectivity index (χ1n) is 8.19. The van der Waals surface area contributed by atoms with Gasteiger partial charge < -0.3 is 9.47 Å².